The molecule has 4 heteroatoms. The van der Waals surface area contributed by atoms with Crippen LogP contribution in [0.4, 0.5) is 0 Å². The monoisotopic (exact) mass is 190 g/mol. The Hall–Kier alpha value is -1.84. The van der Waals surface area contributed by atoms with Gasteiger partial charge in [0.15, 0.2) is 11.4 Å². The minimum Gasteiger partial charge on any atom is -0.491 e. The highest BCUT2D eigenvalue weighted by molar-refractivity contribution is 5.77. The molecule has 0 aromatic carbocycles. The van der Waals surface area contributed by atoms with E-state index in [0.29, 0.717) is 17.3 Å². The van der Waals surface area contributed by atoms with E-state index in [2.05, 4.69) is 9.97 Å². The summed E-state index contributed by atoms with van der Waals surface area (Å²) < 4.78 is 10.2. The van der Waals surface area contributed by atoms with Crippen LogP contribution in [0.15, 0.2) is 24.4 Å². The third-order valence-electron chi connectivity index (χ3n) is 1.93. The number of pyridine rings is 2. The maximum atomic E-state index is 5.13. The van der Waals surface area contributed by atoms with Crippen LogP contribution in [0.5, 0.6) is 11.6 Å². The Kier molecular flexibility index (Phi) is 2.18. The molecule has 2 rings (SSSR count). The van der Waals surface area contributed by atoms with Crippen molar-refractivity contribution in [3.8, 4) is 11.6 Å². The second-order valence-electron chi connectivity index (χ2n) is 2.75. The Labute approximate surface area is 81.5 Å². The van der Waals surface area contributed by atoms with Crippen LogP contribution in [-0.4, -0.2) is 24.2 Å². The second-order valence-corrected chi connectivity index (χ2v) is 2.75. The Morgan fingerprint density at radius 1 is 1.21 bits per heavy atom. The number of methoxy groups -OCH3 is 2. The van der Waals surface area contributed by atoms with E-state index in [9.17, 15) is 0 Å². The van der Waals surface area contributed by atoms with E-state index in [1.54, 1.807) is 20.4 Å². The molecular formula is C10H10N2O2. The lowest BCUT2D eigenvalue weighted by atomic mass is 10.3. The predicted molar refractivity (Wildman–Crippen MR) is 52.6 cm³/mol. The summed E-state index contributed by atoms with van der Waals surface area (Å²) in [5, 5.41) is 0.935. The van der Waals surface area contributed by atoms with Gasteiger partial charge in [0.1, 0.15) is 0 Å². The molecule has 0 spiro atoms. The molecular weight excluding hydrogens is 180 g/mol. The van der Waals surface area contributed by atoms with Gasteiger partial charge in [-0.2, -0.15) is 4.98 Å². The first-order valence-electron chi connectivity index (χ1n) is 4.19. The minimum atomic E-state index is 0.457. The first-order chi connectivity index (χ1) is 6.85. The Bertz CT molecular complexity index is 414. The topological polar surface area (TPSA) is 44.2 Å². The number of hydrogen-bond donors (Lipinski definition) is 0. The number of hydrogen-bond acceptors (Lipinski definition) is 4. The van der Waals surface area contributed by atoms with E-state index >= 15 is 0 Å². The highest BCUT2D eigenvalue weighted by Gasteiger charge is 2.07. The van der Waals surface area contributed by atoms with Crippen molar-refractivity contribution in [2.75, 3.05) is 14.2 Å². The number of fused-ring (bicyclic) bond motifs is 1. The standard InChI is InChI=1S/C10H10N2O2/c1-13-8-6-7-4-3-5-11-9(7)12-10(8)14-2/h3-6H,1-2H3. The second kappa shape index (κ2) is 3.49. The molecule has 0 aliphatic carbocycles. The van der Waals surface area contributed by atoms with Crippen LogP contribution in [0.3, 0.4) is 0 Å². The van der Waals surface area contributed by atoms with Crippen LogP contribution in [-0.2, 0) is 0 Å². The molecule has 2 aromatic rings. The number of nitrogens with zero attached hydrogens (tertiary/aromatic N) is 2. The average Bonchev–Trinajstić information content (AvgIpc) is 2.27. The largest absolute Gasteiger partial charge is 0.491 e. The van der Waals surface area contributed by atoms with Gasteiger partial charge < -0.3 is 9.47 Å². The fraction of sp³-hybridized carbons (Fsp3) is 0.200. The molecule has 0 bridgehead atoms. The molecule has 0 aliphatic heterocycles. The quantitative estimate of drug-likeness (QED) is 0.722. The summed E-state index contributed by atoms with van der Waals surface area (Å²) in [7, 11) is 3.14. The third kappa shape index (κ3) is 1.35. The summed E-state index contributed by atoms with van der Waals surface area (Å²) >= 11 is 0. The molecule has 0 unspecified atom stereocenters. The maximum Gasteiger partial charge on any atom is 0.258 e. The van der Waals surface area contributed by atoms with Crippen molar-refractivity contribution in [2.45, 2.75) is 0 Å². The average molecular weight is 190 g/mol. The van der Waals surface area contributed by atoms with E-state index in [1.807, 2.05) is 18.2 Å². The molecule has 2 aromatic heterocycles. The van der Waals surface area contributed by atoms with Crippen LogP contribution in [0.1, 0.15) is 0 Å². The van der Waals surface area contributed by atoms with E-state index in [-0.39, 0.29) is 0 Å². The van der Waals surface area contributed by atoms with Gasteiger partial charge in [-0.3, -0.25) is 0 Å². The van der Waals surface area contributed by atoms with E-state index in [4.69, 9.17) is 9.47 Å². The van der Waals surface area contributed by atoms with Crippen molar-refractivity contribution < 1.29 is 9.47 Å². The lowest BCUT2D eigenvalue weighted by molar-refractivity contribution is 0.344. The zero-order chi connectivity index (χ0) is 9.97. The van der Waals surface area contributed by atoms with Crippen LogP contribution in [0.25, 0.3) is 11.0 Å². The van der Waals surface area contributed by atoms with Crippen molar-refractivity contribution in [2.24, 2.45) is 0 Å². The number of ether oxygens (including phenoxy) is 2. The number of rotatable bonds is 2. The fourth-order valence-electron chi connectivity index (χ4n) is 1.26. The van der Waals surface area contributed by atoms with Crippen LogP contribution < -0.4 is 9.47 Å². The van der Waals surface area contributed by atoms with Gasteiger partial charge in [-0.15, -0.1) is 0 Å². The SMILES string of the molecule is COc1cc2cccnc2nc1OC. The summed E-state index contributed by atoms with van der Waals surface area (Å²) in [4.78, 5) is 8.32. The Morgan fingerprint density at radius 2 is 2.07 bits per heavy atom. The van der Waals surface area contributed by atoms with Crippen molar-refractivity contribution in [1.29, 1.82) is 0 Å². The van der Waals surface area contributed by atoms with Crippen LogP contribution in [0, 0.1) is 0 Å². The normalized spacial score (nSPS) is 10.1. The summed E-state index contributed by atoms with van der Waals surface area (Å²) in [6, 6.07) is 5.64. The molecule has 72 valence electrons. The molecule has 0 saturated heterocycles. The summed E-state index contributed by atoms with van der Waals surface area (Å²) in [5.74, 6) is 1.08. The van der Waals surface area contributed by atoms with E-state index < -0.39 is 0 Å². The summed E-state index contributed by atoms with van der Waals surface area (Å²) in [5.41, 5.74) is 0.658. The molecule has 4 nitrogen and oxygen atoms in total. The van der Waals surface area contributed by atoms with Gasteiger partial charge >= 0.3 is 0 Å². The first-order valence-corrected chi connectivity index (χ1v) is 4.19. The molecule has 14 heavy (non-hydrogen) atoms. The molecule has 0 N–H and O–H groups in total. The van der Waals surface area contributed by atoms with E-state index in [0.717, 1.165) is 5.39 Å². The zero-order valence-electron chi connectivity index (χ0n) is 8.02. The minimum absolute atomic E-state index is 0.457. The summed E-state index contributed by atoms with van der Waals surface area (Å²) in [6.45, 7) is 0. The molecule has 0 aliphatic rings. The lowest BCUT2D eigenvalue weighted by Crippen LogP contribution is -1.94. The highest BCUT2D eigenvalue weighted by atomic mass is 16.5. The van der Waals surface area contributed by atoms with E-state index in [1.165, 1.54) is 0 Å². The van der Waals surface area contributed by atoms with Crippen LogP contribution >= 0.6 is 0 Å². The van der Waals surface area contributed by atoms with Crippen molar-refractivity contribution in [3.05, 3.63) is 24.4 Å². The van der Waals surface area contributed by atoms with Gasteiger partial charge in [0.05, 0.1) is 14.2 Å². The third-order valence-corrected chi connectivity index (χ3v) is 1.93. The smallest absolute Gasteiger partial charge is 0.258 e. The maximum absolute atomic E-state index is 5.13. The van der Waals surface area contributed by atoms with Gasteiger partial charge in [-0.1, -0.05) is 0 Å². The van der Waals surface area contributed by atoms with Crippen molar-refractivity contribution in [3.63, 3.8) is 0 Å². The number of aromatic nitrogens is 2. The van der Waals surface area contributed by atoms with Gasteiger partial charge in [-0.25, -0.2) is 4.98 Å². The first kappa shape index (κ1) is 8.74. The molecule has 2 heterocycles. The van der Waals surface area contributed by atoms with Crippen LogP contribution in [0.2, 0.25) is 0 Å². The zero-order valence-corrected chi connectivity index (χ0v) is 8.02. The predicted octanol–water partition coefficient (Wildman–Crippen LogP) is 1.65. The Morgan fingerprint density at radius 3 is 2.79 bits per heavy atom. The van der Waals surface area contributed by atoms with Gasteiger partial charge in [0.2, 0.25) is 0 Å². The molecule has 0 atom stereocenters. The van der Waals surface area contributed by atoms with Crippen molar-refractivity contribution in [1.82, 2.24) is 9.97 Å². The summed E-state index contributed by atoms with van der Waals surface area (Å²) in [6.07, 6.45) is 1.70. The van der Waals surface area contributed by atoms with Crippen molar-refractivity contribution >= 4 is 11.0 Å². The lowest BCUT2D eigenvalue weighted by Gasteiger charge is -2.06. The molecule has 0 saturated carbocycles. The van der Waals surface area contributed by atoms with Gasteiger partial charge in [0.25, 0.3) is 5.88 Å². The Balaban J connectivity index is 2.69. The molecule has 0 radical (unpaired) electrons. The molecule has 0 amide bonds. The van der Waals surface area contributed by atoms with Gasteiger partial charge in [0, 0.05) is 11.6 Å². The molecule has 0 fully saturated rings. The highest BCUT2D eigenvalue weighted by Crippen LogP contribution is 2.27. The van der Waals surface area contributed by atoms with Gasteiger partial charge in [-0.05, 0) is 18.2 Å². The fourth-order valence-corrected chi connectivity index (χ4v) is 1.26.